The lowest BCUT2D eigenvalue weighted by molar-refractivity contribution is -0.143. The van der Waals surface area contributed by atoms with Crippen molar-refractivity contribution in [1.82, 2.24) is 24.7 Å². The lowest BCUT2D eigenvalue weighted by Gasteiger charge is -2.16. The number of carbonyl (C=O) groups excluding carboxylic acids is 1. The van der Waals surface area contributed by atoms with Gasteiger partial charge < -0.3 is 10.6 Å². The SMILES string of the molecule is O=C(Nc1cnn(Cc2ccc(C(F)(F)F)cc2C(F)(F)F)c1)c1cnc(Nc2ncccn2)s1. The number of alkyl halides is 6. The number of amides is 1. The largest absolute Gasteiger partial charge is 0.416 e. The maximum Gasteiger partial charge on any atom is 0.416 e. The Morgan fingerprint density at radius 1 is 1.00 bits per heavy atom. The third-order valence-corrected chi connectivity index (χ3v) is 5.39. The molecule has 0 fully saturated rings. The van der Waals surface area contributed by atoms with Crippen LogP contribution in [0.5, 0.6) is 0 Å². The maximum absolute atomic E-state index is 13.4. The number of carbonyl (C=O) groups is 1. The molecule has 0 radical (unpaired) electrons. The molecule has 15 heteroatoms. The van der Waals surface area contributed by atoms with Gasteiger partial charge in [0.15, 0.2) is 5.13 Å². The Labute approximate surface area is 196 Å². The summed E-state index contributed by atoms with van der Waals surface area (Å²) in [5.74, 6) is -0.258. The van der Waals surface area contributed by atoms with Crippen molar-refractivity contribution in [3.05, 3.63) is 76.8 Å². The lowest BCUT2D eigenvalue weighted by atomic mass is 10.0. The summed E-state index contributed by atoms with van der Waals surface area (Å²) in [6.07, 6.45) is -3.09. The van der Waals surface area contributed by atoms with Crippen LogP contribution in [0.1, 0.15) is 26.4 Å². The van der Waals surface area contributed by atoms with Crippen molar-refractivity contribution in [3.63, 3.8) is 0 Å². The molecule has 0 unspecified atom stereocenters. The van der Waals surface area contributed by atoms with Crippen LogP contribution >= 0.6 is 11.3 Å². The average Bonchev–Trinajstić information content (AvgIpc) is 3.43. The predicted octanol–water partition coefficient (Wildman–Crippen LogP) is 5.21. The van der Waals surface area contributed by atoms with Gasteiger partial charge in [-0.05, 0) is 23.8 Å². The summed E-state index contributed by atoms with van der Waals surface area (Å²) in [6, 6.07) is 3.03. The van der Waals surface area contributed by atoms with E-state index in [4.69, 9.17) is 0 Å². The Balaban J connectivity index is 1.45. The fourth-order valence-electron chi connectivity index (χ4n) is 2.93. The molecule has 0 saturated heterocycles. The molecule has 8 nitrogen and oxygen atoms in total. The van der Waals surface area contributed by atoms with Crippen LogP contribution in [-0.2, 0) is 18.9 Å². The summed E-state index contributed by atoms with van der Waals surface area (Å²) >= 11 is 1.01. The zero-order valence-electron chi connectivity index (χ0n) is 17.2. The zero-order chi connectivity index (χ0) is 25.2. The number of hydrogen-bond acceptors (Lipinski definition) is 7. The Kier molecular flexibility index (Phi) is 6.43. The van der Waals surface area contributed by atoms with E-state index in [2.05, 4.69) is 30.7 Å². The van der Waals surface area contributed by atoms with Crippen molar-refractivity contribution in [2.24, 2.45) is 0 Å². The molecular weight excluding hydrogens is 500 g/mol. The fraction of sp³-hybridized carbons (Fsp3) is 0.150. The summed E-state index contributed by atoms with van der Waals surface area (Å²) in [5, 5.41) is 9.61. The molecule has 0 bridgehead atoms. The van der Waals surface area contributed by atoms with Gasteiger partial charge in [-0.3, -0.25) is 9.48 Å². The summed E-state index contributed by atoms with van der Waals surface area (Å²) in [6.45, 7) is -0.464. The van der Waals surface area contributed by atoms with Gasteiger partial charge in [-0.2, -0.15) is 31.4 Å². The van der Waals surface area contributed by atoms with E-state index in [1.165, 1.54) is 31.0 Å². The van der Waals surface area contributed by atoms with Gasteiger partial charge in [0.1, 0.15) is 4.88 Å². The number of nitrogens with one attached hydrogen (secondary N) is 2. The number of rotatable bonds is 6. The molecular formula is C20H13F6N7OS. The zero-order valence-corrected chi connectivity index (χ0v) is 18.0. The molecule has 0 aliphatic heterocycles. The van der Waals surface area contributed by atoms with Crippen molar-refractivity contribution in [2.45, 2.75) is 18.9 Å². The first-order chi connectivity index (χ1) is 16.5. The first kappa shape index (κ1) is 24.1. The van der Waals surface area contributed by atoms with E-state index in [0.29, 0.717) is 11.2 Å². The van der Waals surface area contributed by atoms with Crippen LogP contribution in [0.15, 0.2) is 55.2 Å². The highest BCUT2D eigenvalue weighted by molar-refractivity contribution is 7.17. The van der Waals surface area contributed by atoms with Crippen LogP contribution in [-0.4, -0.2) is 30.6 Å². The van der Waals surface area contributed by atoms with Crippen LogP contribution in [0.25, 0.3) is 0 Å². The highest BCUT2D eigenvalue weighted by Gasteiger charge is 2.38. The quantitative estimate of drug-likeness (QED) is 0.344. The normalized spacial score (nSPS) is 11.9. The highest BCUT2D eigenvalue weighted by atomic mass is 32.1. The molecule has 182 valence electrons. The summed E-state index contributed by atoms with van der Waals surface area (Å²) in [7, 11) is 0. The third-order valence-electron chi connectivity index (χ3n) is 4.48. The van der Waals surface area contributed by atoms with Crippen LogP contribution in [0.4, 0.5) is 43.1 Å². The molecule has 35 heavy (non-hydrogen) atoms. The molecule has 3 heterocycles. The molecule has 3 aromatic heterocycles. The number of thiazole rings is 1. The molecule has 0 atom stereocenters. The van der Waals surface area contributed by atoms with E-state index in [9.17, 15) is 31.1 Å². The van der Waals surface area contributed by atoms with Crippen molar-refractivity contribution < 1.29 is 31.1 Å². The molecule has 1 amide bonds. The second-order valence-electron chi connectivity index (χ2n) is 6.98. The first-order valence-electron chi connectivity index (χ1n) is 9.60. The van der Waals surface area contributed by atoms with Crippen LogP contribution in [0, 0.1) is 0 Å². The van der Waals surface area contributed by atoms with E-state index in [1.807, 2.05) is 0 Å². The molecule has 0 spiro atoms. The van der Waals surface area contributed by atoms with Gasteiger partial charge >= 0.3 is 12.4 Å². The van der Waals surface area contributed by atoms with Gasteiger partial charge in [0, 0.05) is 18.6 Å². The molecule has 0 aliphatic carbocycles. The number of hydrogen-bond donors (Lipinski definition) is 2. The van der Waals surface area contributed by atoms with Gasteiger partial charge in [-0.25, -0.2) is 15.0 Å². The standard InChI is InChI=1S/C20H13F6N7OS/c21-19(22,23)12-3-2-11(14(6-12)20(24,25)26)9-33-10-13(7-30-33)31-16(34)15-8-29-18(35-15)32-17-27-4-1-5-28-17/h1-8,10H,9H2,(H,31,34)(H,27,28,29,32). The molecule has 0 aliphatic rings. The van der Waals surface area contributed by atoms with E-state index in [1.54, 1.807) is 6.07 Å². The minimum Gasteiger partial charge on any atom is -0.319 e. The predicted molar refractivity (Wildman–Crippen MR) is 113 cm³/mol. The van der Waals surface area contributed by atoms with Crippen LogP contribution < -0.4 is 10.6 Å². The topological polar surface area (TPSA) is 97.6 Å². The second kappa shape index (κ2) is 9.32. The molecule has 0 saturated carbocycles. The minimum absolute atomic E-state index is 0.0669. The Hall–Kier alpha value is -4.01. The Bertz CT molecular complexity index is 1330. The summed E-state index contributed by atoms with van der Waals surface area (Å²) in [4.78, 5) is 24.7. The molecule has 1 aromatic carbocycles. The Morgan fingerprint density at radius 3 is 2.43 bits per heavy atom. The smallest absolute Gasteiger partial charge is 0.319 e. The van der Waals surface area contributed by atoms with Gasteiger partial charge in [0.2, 0.25) is 5.95 Å². The first-order valence-corrected chi connectivity index (χ1v) is 10.4. The van der Waals surface area contributed by atoms with Crippen LogP contribution in [0.2, 0.25) is 0 Å². The highest BCUT2D eigenvalue weighted by Crippen LogP contribution is 2.37. The number of aromatic nitrogens is 5. The number of benzene rings is 1. The monoisotopic (exact) mass is 513 g/mol. The lowest BCUT2D eigenvalue weighted by Crippen LogP contribution is -2.15. The van der Waals surface area contributed by atoms with Gasteiger partial charge in [-0.1, -0.05) is 17.4 Å². The van der Waals surface area contributed by atoms with E-state index < -0.39 is 41.5 Å². The number of anilines is 3. The number of halogens is 6. The fourth-order valence-corrected chi connectivity index (χ4v) is 3.64. The van der Waals surface area contributed by atoms with E-state index in [0.717, 1.165) is 22.1 Å². The average molecular weight is 513 g/mol. The molecule has 4 aromatic rings. The molecule has 4 rings (SSSR count). The maximum atomic E-state index is 13.4. The van der Waals surface area contributed by atoms with Crippen molar-refractivity contribution >= 4 is 34.0 Å². The van der Waals surface area contributed by atoms with Crippen molar-refractivity contribution in [1.29, 1.82) is 0 Å². The summed E-state index contributed by atoms with van der Waals surface area (Å²) < 4.78 is 79.7. The van der Waals surface area contributed by atoms with Gasteiger partial charge in [0.25, 0.3) is 5.91 Å². The Morgan fingerprint density at radius 2 is 1.74 bits per heavy atom. The molecule has 2 N–H and O–H groups in total. The van der Waals surface area contributed by atoms with E-state index >= 15 is 0 Å². The van der Waals surface area contributed by atoms with E-state index in [-0.39, 0.29) is 22.6 Å². The van der Waals surface area contributed by atoms with Crippen LogP contribution in [0.3, 0.4) is 0 Å². The summed E-state index contributed by atoms with van der Waals surface area (Å²) in [5.41, 5.74) is -3.06. The van der Waals surface area contributed by atoms with Crippen molar-refractivity contribution in [2.75, 3.05) is 10.6 Å². The second-order valence-corrected chi connectivity index (χ2v) is 8.01. The third kappa shape index (κ3) is 5.92. The number of nitrogens with zero attached hydrogens (tertiary/aromatic N) is 5. The minimum atomic E-state index is -5.00. The van der Waals surface area contributed by atoms with Crippen molar-refractivity contribution in [3.8, 4) is 0 Å². The van der Waals surface area contributed by atoms with Gasteiger partial charge in [-0.15, -0.1) is 0 Å². The van der Waals surface area contributed by atoms with Gasteiger partial charge in [0.05, 0.1) is 35.8 Å².